The summed E-state index contributed by atoms with van der Waals surface area (Å²) in [4.78, 5) is 0. The lowest BCUT2D eigenvalue weighted by Crippen LogP contribution is -2.36. The standard InChI is InChI=1S/C3H9NO3.ClH/c4-3(7)2(6)1-5;/h2-3,5-7H,1,4H2;1H. The van der Waals surface area contributed by atoms with Gasteiger partial charge >= 0.3 is 0 Å². The van der Waals surface area contributed by atoms with Crippen LogP contribution in [0.3, 0.4) is 0 Å². The molecule has 0 aliphatic heterocycles. The Morgan fingerprint density at radius 3 is 1.75 bits per heavy atom. The van der Waals surface area contributed by atoms with Gasteiger partial charge in [0.15, 0.2) is 0 Å². The van der Waals surface area contributed by atoms with Gasteiger partial charge in [0.2, 0.25) is 0 Å². The molecule has 5 heteroatoms. The fourth-order valence-corrected chi connectivity index (χ4v) is 0.108. The first-order valence-electron chi connectivity index (χ1n) is 1.91. The van der Waals surface area contributed by atoms with Crippen molar-refractivity contribution in [3.05, 3.63) is 0 Å². The van der Waals surface area contributed by atoms with Crippen LogP contribution in [0.1, 0.15) is 0 Å². The molecule has 5 N–H and O–H groups in total. The van der Waals surface area contributed by atoms with Crippen LogP contribution >= 0.6 is 12.4 Å². The highest BCUT2D eigenvalue weighted by atomic mass is 35.5. The second-order valence-corrected chi connectivity index (χ2v) is 1.24. The highest BCUT2D eigenvalue weighted by Gasteiger charge is 2.07. The number of aliphatic hydroxyl groups is 3. The largest absolute Gasteiger partial charge is 0.394 e. The third kappa shape index (κ3) is 4.29. The second-order valence-electron chi connectivity index (χ2n) is 1.24. The Morgan fingerprint density at radius 2 is 1.75 bits per heavy atom. The van der Waals surface area contributed by atoms with Gasteiger partial charge in [-0.3, -0.25) is 0 Å². The van der Waals surface area contributed by atoms with Crippen LogP contribution in [-0.2, 0) is 0 Å². The average Bonchev–Trinajstić information content (AvgIpc) is 1.65. The van der Waals surface area contributed by atoms with Crippen LogP contribution in [0, 0.1) is 0 Å². The summed E-state index contributed by atoms with van der Waals surface area (Å²) in [6.07, 6.45) is -2.54. The van der Waals surface area contributed by atoms with Crippen molar-refractivity contribution in [1.29, 1.82) is 0 Å². The minimum absolute atomic E-state index is 0. The van der Waals surface area contributed by atoms with E-state index in [1.807, 2.05) is 0 Å². The van der Waals surface area contributed by atoms with E-state index in [9.17, 15) is 0 Å². The lowest BCUT2D eigenvalue weighted by atomic mass is 10.3. The van der Waals surface area contributed by atoms with Crippen molar-refractivity contribution in [2.75, 3.05) is 6.61 Å². The number of hydrogen-bond donors (Lipinski definition) is 4. The van der Waals surface area contributed by atoms with E-state index in [0.717, 1.165) is 0 Å². The van der Waals surface area contributed by atoms with E-state index in [4.69, 9.17) is 21.1 Å². The highest BCUT2D eigenvalue weighted by Crippen LogP contribution is 1.80. The van der Waals surface area contributed by atoms with Crippen molar-refractivity contribution in [2.24, 2.45) is 5.73 Å². The van der Waals surface area contributed by atoms with Crippen LogP contribution in [0.4, 0.5) is 0 Å². The maximum Gasteiger partial charge on any atom is 0.130 e. The summed E-state index contributed by atoms with van der Waals surface area (Å²) >= 11 is 0. The molecule has 0 aromatic rings. The number of hydrogen-bond acceptors (Lipinski definition) is 4. The summed E-state index contributed by atoms with van der Waals surface area (Å²) in [5, 5.41) is 24.5. The highest BCUT2D eigenvalue weighted by molar-refractivity contribution is 5.85. The predicted molar refractivity (Wildman–Crippen MR) is 30.5 cm³/mol. The molecular weight excluding hydrogens is 133 g/mol. The molecule has 0 amide bonds. The van der Waals surface area contributed by atoms with Gasteiger partial charge in [0.25, 0.3) is 0 Å². The number of halogens is 1. The van der Waals surface area contributed by atoms with Gasteiger partial charge in [0.05, 0.1) is 6.61 Å². The zero-order valence-corrected chi connectivity index (χ0v) is 5.01. The van der Waals surface area contributed by atoms with Crippen LogP contribution in [0.25, 0.3) is 0 Å². The summed E-state index contributed by atoms with van der Waals surface area (Å²) in [5.74, 6) is 0. The van der Waals surface area contributed by atoms with Crippen LogP contribution in [0.15, 0.2) is 0 Å². The van der Waals surface area contributed by atoms with Crippen LogP contribution in [0.2, 0.25) is 0 Å². The summed E-state index contributed by atoms with van der Waals surface area (Å²) in [5.41, 5.74) is 4.69. The minimum atomic E-state index is -1.33. The molecule has 4 nitrogen and oxygen atoms in total. The minimum Gasteiger partial charge on any atom is -0.394 e. The molecule has 0 aromatic heterocycles. The van der Waals surface area contributed by atoms with E-state index < -0.39 is 18.9 Å². The molecule has 0 fully saturated rings. The Labute approximate surface area is 53.3 Å². The lowest BCUT2D eigenvalue weighted by molar-refractivity contribution is -0.0103. The molecule has 0 aliphatic rings. The van der Waals surface area contributed by atoms with Crippen molar-refractivity contribution in [3.8, 4) is 0 Å². The first kappa shape index (κ1) is 11.0. The van der Waals surface area contributed by atoms with Crippen LogP contribution in [-0.4, -0.2) is 34.3 Å². The SMILES string of the molecule is Cl.NC(O)C(O)CO. The smallest absolute Gasteiger partial charge is 0.130 e. The van der Waals surface area contributed by atoms with Crippen molar-refractivity contribution < 1.29 is 15.3 Å². The molecule has 0 rings (SSSR count). The summed E-state index contributed by atoms with van der Waals surface area (Å²) in [6.45, 7) is -0.502. The lowest BCUT2D eigenvalue weighted by Gasteiger charge is -2.07. The fourth-order valence-electron chi connectivity index (χ4n) is 0.108. The molecule has 0 saturated heterocycles. The molecule has 2 atom stereocenters. The van der Waals surface area contributed by atoms with Gasteiger partial charge in [-0.2, -0.15) is 0 Å². The summed E-state index contributed by atoms with van der Waals surface area (Å²) in [7, 11) is 0. The van der Waals surface area contributed by atoms with E-state index in [0.29, 0.717) is 0 Å². The molecule has 2 unspecified atom stereocenters. The van der Waals surface area contributed by atoms with Gasteiger partial charge in [0, 0.05) is 0 Å². The molecular formula is C3H10ClNO3. The molecule has 0 spiro atoms. The third-order valence-electron chi connectivity index (χ3n) is 0.581. The Kier molecular flexibility index (Phi) is 7.25. The maximum absolute atomic E-state index is 8.31. The molecule has 0 aromatic carbocycles. The Bertz CT molecular complexity index is 51.8. The molecule has 0 bridgehead atoms. The first-order valence-corrected chi connectivity index (χ1v) is 1.91. The van der Waals surface area contributed by atoms with Gasteiger partial charge < -0.3 is 21.1 Å². The molecule has 0 saturated carbocycles. The van der Waals surface area contributed by atoms with Gasteiger partial charge in [-0.15, -0.1) is 12.4 Å². The zero-order chi connectivity index (χ0) is 5.86. The van der Waals surface area contributed by atoms with E-state index >= 15 is 0 Å². The molecule has 52 valence electrons. The monoisotopic (exact) mass is 143 g/mol. The molecule has 0 radical (unpaired) electrons. The predicted octanol–water partition coefficient (Wildman–Crippen LogP) is -1.96. The van der Waals surface area contributed by atoms with Crippen LogP contribution in [0.5, 0.6) is 0 Å². The second kappa shape index (κ2) is 5.27. The number of aliphatic hydroxyl groups excluding tert-OH is 3. The quantitative estimate of drug-likeness (QED) is 0.338. The summed E-state index contributed by atoms with van der Waals surface area (Å²) in [6, 6.07) is 0. The average molecular weight is 144 g/mol. The Balaban J connectivity index is 0. The van der Waals surface area contributed by atoms with E-state index in [-0.39, 0.29) is 12.4 Å². The molecule has 8 heavy (non-hydrogen) atoms. The normalized spacial score (nSPS) is 16.5. The van der Waals surface area contributed by atoms with Gasteiger partial charge in [-0.05, 0) is 0 Å². The van der Waals surface area contributed by atoms with Gasteiger partial charge in [-0.25, -0.2) is 0 Å². The zero-order valence-electron chi connectivity index (χ0n) is 4.19. The van der Waals surface area contributed by atoms with Crippen molar-refractivity contribution in [1.82, 2.24) is 0 Å². The number of nitrogens with two attached hydrogens (primary N) is 1. The first-order chi connectivity index (χ1) is 3.18. The molecule has 0 aliphatic carbocycles. The van der Waals surface area contributed by atoms with Crippen molar-refractivity contribution >= 4 is 12.4 Å². The fraction of sp³-hybridized carbons (Fsp3) is 1.00. The third-order valence-corrected chi connectivity index (χ3v) is 0.581. The maximum atomic E-state index is 8.31. The van der Waals surface area contributed by atoms with E-state index in [1.165, 1.54) is 0 Å². The molecule has 0 heterocycles. The topological polar surface area (TPSA) is 86.7 Å². The van der Waals surface area contributed by atoms with Crippen molar-refractivity contribution in [2.45, 2.75) is 12.3 Å². The van der Waals surface area contributed by atoms with Crippen LogP contribution < -0.4 is 5.73 Å². The Hall–Kier alpha value is 0.130. The van der Waals surface area contributed by atoms with Gasteiger partial charge in [0.1, 0.15) is 12.3 Å². The van der Waals surface area contributed by atoms with Gasteiger partial charge in [-0.1, -0.05) is 0 Å². The van der Waals surface area contributed by atoms with Crippen molar-refractivity contribution in [3.63, 3.8) is 0 Å². The van der Waals surface area contributed by atoms with E-state index in [1.54, 1.807) is 0 Å². The van der Waals surface area contributed by atoms with E-state index in [2.05, 4.69) is 0 Å². The Morgan fingerprint density at radius 1 is 1.38 bits per heavy atom. The number of rotatable bonds is 2. The summed E-state index contributed by atoms with van der Waals surface area (Å²) < 4.78 is 0.